The van der Waals surface area contributed by atoms with Gasteiger partial charge in [0.1, 0.15) is 5.76 Å². The van der Waals surface area contributed by atoms with Gasteiger partial charge < -0.3 is 15.1 Å². The first-order valence-corrected chi connectivity index (χ1v) is 8.66. The third-order valence-electron chi connectivity index (χ3n) is 3.53. The van der Waals surface area contributed by atoms with E-state index in [1.54, 1.807) is 54.6 Å². The molecule has 0 aliphatic heterocycles. The fraction of sp³-hybridized carbons (Fsp3) is 0. The molecule has 2 N–H and O–H groups in total. The van der Waals surface area contributed by atoms with Crippen molar-refractivity contribution in [3.05, 3.63) is 88.3 Å². The van der Waals surface area contributed by atoms with E-state index in [0.29, 0.717) is 27.7 Å². The summed E-state index contributed by atoms with van der Waals surface area (Å²) in [6.07, 6.45) is 4.47. The molecule has 0 fully saturated rings. The molecule has 5 nitrogen and oxygen atoms in total. The number of furan rings is 1. The van der Waals surface area contributed by atoms with Crippen LogP contribution in [0.1, 0.15) is 16.1 Å². The molecule has 2 aromatic carbocycles. The number of anilines is 2. The summed E-state index contributed by atoms with van der Waals surface area (Å²) >= 11 is 11.9. The minimum absolute atomic E-state index is 0.271. The molecule has 3 aromatic rings. The summed E-state index contributed by atoms with van der Waals surface area (Å²) < 4.78 is 5.11. The fourth-order valence-electron chi connectivity index (χ4n) is 2.24. The summed E-state index contributed by atoms with van der Waals surface area (Å²) in [4.78, 5) is 24.2. The van der Waals surface area contributed by atoms with Gasteiger partial charge in [0.15, 0.2) is 0 Å². The van der Waals surface area contributed by atoms with E-state index < -0.39 is 0 Å². The topological polar surface area (TPSA) is 71.3 Å². The molecule has 0 aliphatic rings. The highest BCUT2D eigenvalue weighted by molar-refractivity contribution is 6.37. The van der Waals surface area contributed by atoms with E-state index in [1.807, 2.05) is 0 Å². The van der Waals surface area contributed by atoms with Crippen molar-refractivity contribution in [3.8, 4) is 0 Å². The molecular weight excluding hydrogens is 387 g/mol. The van der Waals surface area contributed by atoms with Crippen molar-refractivity contribution < 1.29 is 14.0 Å². The van der Waals surface area contributed by atoms with Crippen molar-refractivity contribution >= 4 is 52.5 Å². The van der Waals surface area contributed by atoms with E-state index in [4.69, 9.17) is 27.6 Å². The van der Waals surface area contributed by atoms with Gasteiger partial charge in [-0.05, 0) is 60.7 Å². The van der Waals surface area contributed by atoms with E-state index in [2.05, 4.69) is 10.6 Å². The quantitative estimate of drug-likeness (QED) is 0.556. The summed E-state index contributed by atoms with van der Waals surface area (Å²) in [6, 6.07) is 14.8. The number of nitrogens with one attached hydrogen (secondary N) is 2. The lowest BCUT2D eigenvalue weighted by atomic mass is 10.2. The van der Waals surface area contributed by atoms with Crippen LogP contribution in [0.5, 0.6) is 0 Å². The molecular formula is C20H14Cl2N2O3. The predicted octanol–water partition coefficient (Wildman–Crippen LogP) is 5.49. The van der Waals surface area contributed by atoms with E-state index in [-0.39, 0.29) is 16.8 Å². The van der Waals surface area contributed by atoms with Gasteiger partial charge in [-0.1, -0.05) is 23.2 Å². The molecule has 0 aliphatic carbocycles. The van der Waals surface area contributed by atoms with Crippen molar-refractivity contribution in [1.82, 2.24) is 0 Å². The number of carbonyl (C=O) groups excluding carboxylic acids is 2. The SMILES string of the molecule is O=C(/C=C\c1ccco1)Nc1ccc(NC(=O)c2ccc(Cl)cc2Cl)cc1. The molecule has 3 rings (SSSR count). The maximum atomic E-state index is 12.3. The van der Waals surface area contributed by atoms with Crippen LogP contribution in [0.2, 0.25) is 10.0 Å². The third-order valence-corrected chi connectivity index (χ3v) is 4.08. The van der Waals surface area contributed by atoms with Gasteiger partial charge in [-0.15, -0.1) is 0 Å². The molecule has 0 spiro atoms. The van der Waals surface area contributed by atoms with E-state index in [1.165, 1.54) is 18.4 Å². The van der Waals surface area contributed by atoms with Gasteiger partial charge in [0.2, 0.25) is 5.91 Å². The van der Waals surface area contributed by atoms with Crippen molar-refractivity contribution in [1.29, 1.82) is 0 Å². The zero-order valence-electron chi connectivity index (χ0n) is 13.9. The number of amides is 2. The number of benzene rings is 2. The van der Waals surface area contributed by atoms with Gasteiger partial charge in [0.05, 0.1) is 16.8 Å². The second kappa shape index (κ2) is 8.58. The van der Waals surface area contributed by atoms with Crippen LogP contribution in [-0.2, 0) is 4.79 Å². The molecule has 0 bridgehead atoms. The van der Waals surface area contributed by atoms with Crippen LogP contribution in [0, 0.1) is 0 Å². The summed E-state index contributed by atoms with van der Waals surface area (Å²) in [5.74, 6) is -0.0602. The number of hydrogen-bond acceptors (Lipinski definition) is 3. The van der Waals surface area contributed by atoms with Crippen molar-refractivity contribution in [3.63, 3.8) is 0 Å². The molecule has 0 unspecified atom stereocenters. The zero-order chi connectivity index (χ0) is 19.2. The van der Waals surface area contributed by atoms with Gasteiger partial charge in [-0.3, -0.25) is 9.59 Å². The van der Waals surface area contributed by atoms with Crippen LogP contribution in [0.4, 0.5) is 11.4 Å². The van der Waals surface area contributed by atoms with Gasteiger partial charge in [-0.2, -0.15) is 0 Å². The molecule has 0 saturated carbocycles. The second-order valence-electron chi connectivity index (χ2n) is 5.49. The van der Waals surface area contributed by atoms with Crippen molar-refractivity contribution in [2.75, 3.05) is 10.6 Å². The van der Waals surface area contributed by atoms with E-state index in [0.717, 1.165) is 0 Å². The van der Waals surface area contributed by atoms with Crippen LogP contribution in [0.3, 0.4) is 0 Å². The van der Waals surface area contributed by atoms with Gasteiger partial charge in [0, 0.05) is 22.5 Å². The van der Waals surface area contributed by atoms with Gasteiger partial charge in [0.25, 0.3) is 5.91 Å². The maximum absolute atomic E-state index is 12.3. The second-order valence-corrected chi connectivity index (χ2v) is 6.34. The average molecular weight is 401 g/mol. The molecule has 0 saturated heterocycles. The average Bonchev–Trinajstić information content (AvgIpc) is 3.15. The summed E-state index contributed by atoms with van der Waals surface area (Å²) in [5, 5.41) is 6.18. The molecule has 0 radical (unpaired) electrons. The first kappa shape index (κ1) is 18.8. The monoisotopic (exact) mass is 400 g/mol. The summed E-state index contributed by atoms with van der Waals surface area (Å²) in [7, 11) is 0. The third kappa shape index (κ3) is 5.23. The van der Waals surface area contributed by atoms with Gasteiger partial charge in [-0.25, -0.2) is 0 Å². The lowest BCUT2D eigenvalue weighted by Gasteiger charge is -2.08. The Morgan fingerprint density at radius 1 is 0.926 bits per heavy atom. The van der Waals surface area contributed by atoms with Crippen molar-refractivity contribution in [2.45, 2.75) is 0 Å². The minimum Gasteiger partial charge on any atom is -0.465 e. The smallest absolute Gasteiger partial charge is 0.257 e. The van der Waals surface area contributed by atoms with E-state index >= 15 is 0 Å². The van der Waals surface area contributed by atoms with Crippen LogP contribution in [0.15, 0.2) is 71.4 Å². The largest absolute Gasteiger partial charge is 0.465 e. The molecule has 2 amide bonds. The van der Waals surface area contributed by atoms with E-state index in [9.17, 15) is 9.59 Å². The molecule has 1 aromatic heterocycles. The summed E-state index contributed by atoms with van der Waals surface area (Å²) in [5.41, 5.74) is 1.48. The zero-order valence-corrected chi connectivity index (χ0v) is 15.4. The van der Waals surface area contributed by atoms with Crippen LogP contribution < -0.4 is 10.6 Å². The van der Waals surface area contributed by atoms with Crippen LogP contribution >= 0.6 is 23.2 Å². The van der Waals surface area contributed by atoms with Crippen molar-refractivity contribution in [2.24, 2.45) is 0 Å². The van der Waals surface area contributed by atoms with Crippen LogP contribution in [-0.4, -0.2) is 11.8 Å². The Kier molecular flexibility index (Phi) is 5.96. The number of hydrogen-bond donors (Lipinski definition) is 2. The highest BCUT2D eigenvalue weighted by Crippen LogP contribution is 2.22. The lowest BCUT2D eigenvalue weighted by molar-refractivity contribution is -0.111. The van der Waals surface area contributed by atoms with Gasteiger partial charge >= 0.3 is 0 Å². The standard InChI is InChI=1S/C20H14Cl2N2O3/c21-13-3-9-17(18(22)12-13)20(26)24-15-6-4-14(5-7-15)23-19(25)10-8-16-2-1-11-27-16/h1-12H,(H,23,25)(H,24,26)/b10-8-. The molecule has 27 heavy (non-hydrogen) atoms. The Labute approximate surface area is 165 Å². The Morgan fingerprint density at radius 3 is 2.26 bits per heavy atom. The Bertz CT molecular complexity index is 981. The molecule has 1 heterocycles. The molecule has 7 heteroatoms. The highest BCUT2D eigenvalue weighted by Gasteiger charge is 2.11. The first-order valence-electron chi connectivity index (χ1n) is 7.90. The highest BCUT2D eigenvalue weighted by atomic mass is 35.5. The first-order chi connectivity index (χ1) is 13.0. The normalized spacial score (nSPS) is 10.7. The molecule has 136 valence electrons. The maximum Gasteiger partial charge on any atom is 0.257 e. The lowest BCUT2D eigenvalue weighted by Crippen LogP contribution is -2.12. The number of rotatable bonds is 5. The molecule has 0 atom stereocenters. The Balaban J connectivity index is 1.59. The Hall–Kier alpha value is -3.02. The fourth-order valence-corrected chi connectivity index (χ4v) is 2.73. The number of halogens is 2. The Morgan fingerprint density at radius 2 is 1.63 bits per heavy atom. The number of carbonyl (C=O) groups is 2. The summed E-state index contributed by atoms with van der Waals surface area (Å²) in [6.45, 7) is 0. The predicted molar refractivity (Wildman–Crippen MR) is 107 cm³/mol. The van der Waals surface area contributed by atoms with Crippen LogP contribution in [0.25, 0.3) is 6.08 Å². The minimum atomic E-state index is -0.352.